The Morgan fingerprint density at radius 2 is 2.25 bits per heavy atom. The predicted octanol–water partition coefficient (Wildman–Crippen LogP) is 1.39. The summed E-state index contributed by atoms with van der Waals surface area (Å²) < 4.78 is 0. The molecular formula is C10H16O2. The minimum Gasteiger partial charge on any atom is -0.389 e. The second kappa shape index (κ2) is 3.87. The van der Waals surface area contributed by atoms with Gasteiger partial charge in [-0.3, -0.25) is 0 Å². The molecule has 0 amide bonds. The van der Waals surface area contributed by atoms with Crippen molar-refractivity contribution in [2.75, 3.05) is 0 Å². The van der Waals surface area contributed by atoms with E-state index in [1.54, 1.807) is 6.08 Å². The van der Waals surface area contributed by atoms with Crippen molar-refractivity contribution in [3.63, 3.8) is 0 Å². The van der Waals surface area contributed by atoms with Gasteiger partial charge in [0.05, 0.1) is 12.2 Å². The summed E-state index contributed by atoms with van der Waals surface area (Å²) in [4.78, 5) is 0. The molecule has 2 nitrogen and oxygen atoms in total. The fourth-order valence-corrected chi connectivity index (χ4v) is 1.33. The van der Waals surface area contributed by atoms with E-state index in [1.807, 2.05) is 13.8 Å². The normalized spacial score (nSPS) is 28.5. The average Bonchev–Trinajstić information content (AvgIpc) is 2.26. The first-order valence-corrected chi connectivity index (χ1v) is 4.29. The lowest BCUT2D eigenvalue weighted by atomic mass is 10.1. The Morgan fingerprint density at radius 3 is 2.67 bits per heavy atom. The van der Waals surface area contributed by atoms with Crippen LogP contribution in [0.2, 0.25) is 0 Å². The van der Waals surface area contributed by atoms with Crippen molar-refractivity contribution in [1.29, 1.82) is 0 Å². The SMILES string of the molecule is CC(C)=CCC1=CC(O)CC1O. The fourth-order valence-electron chi connectivity index (χ4n) is 1.33. The minimum atomic E-state index is -0.444. The van der Waals surface area contributed by atoms with Gasteiger partial charge < -0.3 is 10.2 Å². The Labute approximate surface area is 73.2 Å². The van der Waals surface area contributed by atoms with Gasteiger partial charge in [-0.15, -0.1) is 0 Å². The van der Waals surface area contributed by atoms with Gasteiger partial charge >= 0.3 is 0 Å². The van der Waals surface area contributed by atoms with Gasteiger partial charge in [-0.25, -0.2) is 0 Å². The first-order chi connectivity index (χ1) is 5.59. The highest BCUT2D eigenvalue weighted by molar-refractivity contribution is 5.21. The molecule has 0 aromatic carbocycles. The van der Waals surface area contributed by atoms with Gasteiger partial charge in [0.25, 0.3) is 0 Å². The number of aliphatic hydroxyl groups is 2. The zero-order valence-corrected chi connectivity index (χ0v) is 7.62. The molecule has 1 rings (SSSR count). The van der Waals surface area contributed by atoms with Crippen molar-refractivity contribution in [3.05, 3.63) is 23.3 Å². The number of aliphatic hydroxyl groups excluding tert-OH is 2. The molecule has 2 N–H and O–H groups in total. The molecule has 0 radical (unpaired) electrons. The van der Waals surface area contributed by atoms with E-state index in [9.17, 15) is 10.2 Å². The first kappa shape index (κ1) is 9.49. The minimum absolute atomic E-state index is 0.435. The third-order valence-corrected chi connectivity index (χ3v) is 2.05. The van der Waals surface area contributed by atoms with Crippen LogP contribution in [-0.4, -0.2) is 22.4 Å². The molecule has 1 aliphatic carbocycles. The van der Waals surface area contributed by atoms with Crippen LogP contribution in [0.25, 0.3) is 0 Å². The Bertz CT molecular complexity index is 212. The number of allylic oxidation sites excluding steroid dienone is 2. The van der Waals surface area contributed by atoms with Crippen LogP contribution in [-0.2, 0) is 0 Å². The van der Waals surface area contributed by atoms with Crippen LogP contribution >= 0.6 is 0 Å². The Morgan fingerprint density at radius 1 is 1.58 bits per heavy atom. The second-order valence-corrected chi connectivity index (χ2v) is 3.55. The van der Waals surface area contributed by atoms with E-state index in [1.165, 1.54) is 5.57 Å². The average molecular weight is 168 g/mol. The third kappa shape index (κ3) is 2.47. The second-order valence-electron chi connectivity index (χ2n) is 3.55. The van der Waals surface area contributed by atoms with Crippen molar-refractivity contribution in [3.8, 4) is 0 Å². The molecule has 68 valence electrons. The largest absolute Gasteiger partial charge is 0.389 e. The summed E-state index contributed by atoms with van der Waals surface area (Å²) in [7, 11) is 0. The highest BCUT2D eigenvalue weighted by Gasteiger charge is 2.21. The summed E-state index contributed by atoms with van der Waals surface area (Å²) >= 11 is 0. The lowest BCUT2D eigenvalue weighted by Crippen LogP contribution is -2.07. The van der Waals surface area contributed by atoms with E-state index in [-0.39, 0.29) is 0 Å². The molecule has 0 bridgehead atoms. The van der Waals surface area contributed by atoms with Crippen molar-refractivity contribution < 1.29 is 10.2 Å². The van der Waals surface area contributed by atoms with Crippen LogP contribution in [0.4, 0.5) is 0 Å². The third-order valence-electron chi connectivity index (χ3n) is 2.05. The molecule has 2 unspecified atom stereocenters. The maximum Gasteiger partial charge on any atom is 0.0781 e. The van der Waals surface area contributed by atoms with Crippen LogP contribution in [0.3, 0.4) is 0 Å². The standard InChI is InChI=1S/C10H16O2/c1-7(2)3-4-8-5-9(11)6-10(8)12/h3,5,9-12H,4,6H2,1-2H3. The molecule has 0 aliphatic heterocycles. The van der Waals surface area contributed by atoms with Crippen LogP contribution in [0.5, 0.6) is 0 Å². The molecular weight excluding hydrogens is 152 g/mol. The molecule has 0 saturated carbocycles. The summed E-state index contributed by atoms with van der Waals surface area (Å²) in [5.41, 5.74) is 2.19. The Hall–Kier alpha value is -0.600. The van der Waals surface area contributed by atoms with Gasteiger partial charge in [-0.2, -0.15) is 0 Å². The van der Waals surface area contributed by atoms with E-state index in [0.29, 0.717) is 6.42 Å². The van der Waals surface area contributed by atoms with Crippen molar-refractivity contribution >= 4 is 0 Å². The molecule has 1 aliphatic rings. The van der Waals surface area contributed by atoms with Gasteiger partial charge in [0.2, 0.25) is 0 Å². The summed E-state index contributed by atoms with van der Waals surface area (Å²) in [5, 5.41) is 18.6. The first-order valence-electron chi connectivity index (χ1n) is 4.29. The lowest BCUT2D eigenvalue weighted by Gasteiger charge is -2.05. The van der Waals surface area contributed by atoms with E-state index < -0.39 is 12.2 Å². The summed E-state index contributed by atoms with van der Waals surface area (Å²) in [6.45, 7) is 4.05. The summed E-state index contributed by atoms with van der Waals surface area (Å²) in [6, 6.07) is 0. The summed E-state index contributed by atoms with van der Waals surface area (Å²) in [6.07, 6.45) is 4.17. The maximum absolute atomic E-state index is 9.41. The van der Waals surface area contributed by atoms with E-state index in [0.717, 1.165) is 12.0 Å². The summed E-state index contributed by atoms with van der Waals surface area (Å²) in [5.74, 6) is 0. The lowest BCUT2D eigenvalue weighted by molar-refractivity contribution is 0.146. The quantitative estimate of drug-likeness (QED) is 0.612. The van der Waals surface area contributed by atoms with E-state index >= 15 is 0 Å². The molecule has 0 aromatic rings. The van der Waals surface area contributed by atoms with Gasteiger partial charge in [0.15, 0.2) is 0 Å². The molecule has 2 heteroatoms. The molecule has 0 spiro atoms. The van der Waals surface area contributed by atoms with Gasteiger partial charge in [-0.1, -0.05) is 17.7 Å². The molecule has 0 aromatic heterocycles. The van der Waals surface area contributed by atoms with Crippen molar-refractivity contribution in [2.24, 2.45) is 0 Å². The van der Waals surface area contributed by atoms with Crippen molar-refractivity contribution in [1.82, 2.24) is 0 Å². The topological polar surface area (TPSA) is 40.5 Å². The van der Waals surface area contributed by atoms with Crippen LogP contribution in [0.1, 0.15) is 26.7 Å². The van der Waals surface area contributed by atoms with Crippen LogP contribution in [0, 0.1) is 0 Å². The smallest absolute Gasteiger partial charge is 0.0781 e. The number of rotatable bonds is 2. The van der Waals surface area contributed by atoms with Crippen LogP contribution < -0.4 is 0 Å². The van der Waals surface area contributed by atoms with E-state index in [4.69, 9.17) is 0 Å². The molecule has 0 heterocycles. The zero-order chi connectivity index (χ0) is 9.14. The van der Waals surface area contributed by atoms with Crippen molar-refractivity contribution in [2.45, 2.75) is 38.9 Å². The number of hydrogen-bond acceptors (Lipinski definition) is 2. The van der Waals surface area contributed by atoms with Gasteiger partial charge in [0, 0.05) is 6.42 Å². The fraction of sp³-hybridized carbons (Fsp3) is 0.600. The monoisotopic (exact) mass is 168 g/mol. The molecule has 2 atom stereocenters. The molecule has 12 heavy (non-hydrogen) atoms. The highest BCUT2D eigenvalue weighted by atomic mass is 16.3. The molecule has 0 fully saturated rings. The Kier molecular flexibility index (Phi) is 3.06. The molecule has 0 saturated heterocycles. The van der Waals surface area contributed by atoms with Gasteiger partial charge in [-0.05, 0) is 25.8 Å². The zero-order valence-electron chi connectivity index (χ0n) is 7.62. The maximum atomic E-state index is 9.41. The van der Waals surface area contributed by atoms with E-state index in [2.05, 4.69) is 6.08 Å². The Balaban J connectivity index is 2.52. The number of hydrogen-bond donors (Lipinski definition) is 2. The predicted molar refractivity (Wildman–Crippen MR) is 48.8 cm³/mol. The highest BCUT2D eigenvalue weighted by Crippen LogP contribution is 2.22. The van der Waals surface area contributed by atoms with Crippen LogP contribution in [0.15, 0.2) is 23.3 Å². The van der Waals surface area contributed by atoms with Gasteiger partial charge in [0.1, 0.15) is 0 Å².